The van der Waals surface area contributed by atoms with Gasteiger partial charge in [0.15, 0.2) is 0 Å². The SMILES string of the molecule is CN(CCO)c1ccc(NCc2ccccc2Cl)nc1. The molecule has 20 heavy (non-hydrogen) atoms. The zero-order valence-corrected chi connectivity index (χ0v) is 12.1. The number of nitrogens with one attached hydrogen (secondary N) is 1. The van der Waals surface area contributed by atoms with Crippen molar-refractivity contribution >= 4 is 23.1 Å². The Morgan fingerprint density at radius 2 is 2.05 bits per heavy atom. The van der Waals surface area contributed by atoms with Gasteiger partial charge >= 0.3 is 0 Å². The van der Waals surface area contributed by atoms with Gasteiger partial charge in [-0.05, 0) is 23.8 Å². The van der Waals surface area contributed by atoms with E-state index in [0.717, 1.165) is 22.1 Å². The number of halogens is 1. The van der Waals surface area contributed by atoms with Crippen LogP contribution in [-0.2, 0) is 6.54 Å². The van der Waals surface area contributed by atoms with Gasteiger partial charge in [0, 0.05) is 25.2 Å². The van der Waals surface area contributed by atoms with Crippen LogP contribution in [0.5, 0.6) is 0 Å². The summed E-state index contributed by atoms with van der Waals surface area (Å²) in [7, 11) is 1.92. The molecule has 0 bridgehead atoms. The Bertz CT molecular complexity index is 545. The third-order valence-corrected chi connectivity index (χ3v) is 3.41. The third kappa shape index (κ3) is 3.85. The molecule has 0 aliphatic carbocycles. The van der Waals surface area contributed by atoms with E-state index in [4.69, 9.17) is 16.7 Å². The first-order valence-corrected chi connectivity index (χ1v) is 6.84. The van der Waals surface area contributed by atoms with Gasteiger partial charge in [0.1, 0.15) is 5.82 Å². The molecule has 0 spiro atoms. The molecule has 1 heterocycles. The number of pyridine rings is 1. The molecular weight excluding hydrogens is 274 g/mol. The van der Waals surface area contributed by atoms with E-state index in [1.807, 2.05) is 48.3 Å². The van der Waals surface area contributed by atoms with E-state index >= 15 is 0 Å². The number of hydrogen-bond donors (Lipinski definition) is 2. The lowest BCUT2D eigenvalue weighted by atomic mass is 10.2. The molecule has 0 radical (unpaired) electrons. The minimum Gasteiger partial charge on any atom is -0.395 e. The van der Waals surface area contributed by atoms with Crippen molar-refractivity contribution in [1.82, 2.24) is 4.98 Å². The molecule has 2 N–H and O–H groups in total. The van der Waals surface area contributed by atoms with Crippen LogP contribution in [0.2, 0.25) is 5.02 Å². The van der Waals surface area contributed by atoms with Crippen molar-refractivity contribution in [3.63, 3.8) is 0 Å². The standard InChI is InChI=1S/C15H18ClN3O/c1-19(8-9-20)13-6-7-15(18-11-13)17-10-12-4-2-3-5-14(12)16/h2-7,11,20H,8-10H2,1H3,(H,17,18). The van der Waals surface area contributed by atoms with Crippen molar-refractivity contribution in [1.29, 1.82) is 0 Å². The summed E-state index contributed by atoms with van der Waals surface area (Å²) in [6, 6.07) is 11.6. The van der Waals surface area contributed by atoms with Crippen molar-refractivity contribution in [2.24, 2.45) is 0 Å². The topological polar surface area (TPSA) is 48.4 Å². The Morgan fingerprint density at radius 1 is 1.25 bits per heavy atom. The van der Waals surface area contributed by atoms with Crippen LogP contribution in [0.4, 0.5) is 11.5 Å². The molecule has 1 aromatic heterocycles. The fraction of sp³-hybridized carbons (Fsp3) is 0.267. The van der Waals surface area contributed by atoms with Gasteiger partial charge in [0.05, 0.1) is 18.5 Å². The van der Waals surface area contributed by atoms with E-state index in [0.29, 0.717) is 13.1 Å². The number of aromatic nitrogens is 1. The fourth-order valence-electron chi connectivity index (χ4n) is 1.82. The average molecular weight is 292 g/mol. The summed E-state index contributed by atoms with van der Waals surface area (Å²) in [5.74, 6) is 0.797. The maximum atomic E-state index is 8.90. The van der Waals surface area contributed by atoms with Crippen LogP contribution in [0.3, 0.4) is 0 Å². The van der Waals surface area contributed by atoms with Gasteiger partial charge in [-0.25, -0.2) is 4.98 Å². The molecule has 106 valence electrons. The molecule has 0 amide bonds. The van der Waals surface area contributed by atoms with Gasteiger partial charge in [0.2, 0.25) is 0 Å². The number of aliphatic hydroxyl groups excluding tert-OH is 1. The van der Waals surface area contributed by atoms with Crippen LogP contribution in [0.1, 0.15) is 5.56 Å². The highest BCUT2D eigenvalue weighted by atomic mass is 35.5. The highest BCUT2D eigenvalue weighted by Gasteiger charge is 2.02. The second kappa shape index (κ2) is 7.12. The van der Waals surface area contributed by atoms with E-state index in [1.54, 1.807) is 6.20 Å². The van der Waals surface area contributed by atoms with E-state index in [2.05, 4.69) is 10.3 Å². The second-order valence-electron chi connectivity index (χ2n) is 4.49. The van der Waals surface area contributed by atoms with E-state index in [-0.39, 0.29) is 6.61 Å². The number of aliphatic hydroxyl groups is 1. The van der Waals surface area contributed by atoms with Gasteiger partial charge < -0.3 is 15.3 Å². The zero-order valence-electron chi connectivity index (χ0n) is 11.4. The van der Waals surface area contributed by atoms with Gasteiger partial charge in [-0.1, -0.05) is 29.8 Å². The van der Waals surface area contributed by atoms with Crippen molar-refractivity contribution in [3.8, 4) is 0 Å². The van der Waals surface area contributed by atoms with Gasteiger partial charge in [-0.3, -0.25) is 0 Å². The lowest BCUT2D eigenvalue weighted by Crippen LogP contribution is -2.21. The van der Waals surface area contributed by atoms with Crippen LogP contribution in [0.25, 0.3) is 0 Å². The Kier molecular flexibility index (Phi) is 5.21. The molecule has 0 saturated carbocycles. The highest BCUT2D eigenvalue weighted by Crippen LogP contribution is 2.17. The normalized spacial score (nSPS) is 10.3. The van der Waals surface area contributed by atoms with Gasteiger partial charge in [0.25, 0.3) is 0 Å². The van der Waals surface area contributed by atoms with Crippen LogP contribution in [0, 0.1) is 0 Å². The lowest BCUT2D eigenvalue weighted by molar-refractivity contribution is 0.304. The molecule has 2 aromatic rings. The molecule has 4 nitrogen and oxygen atoms in total. The van der Waals surface area contributed by atoms with Crippen LogP contribution in [0.15, 0.2) is 42.6 Å². The fourth-order valence-corrected chi connectivity index (χ4v) is 2.03. The molecule has 0 aliphatic rings. The smallest absolute Gasteiger partial charge is 0.126 e. The quantitative estimate of drug-likeness (QED) is 0.859. The Balaban J connectivity index is 1.96. The minimum absolute atomic E-state index is 0.128. The monoisotopic (exact) mass is 291 g/mol. The molecular formula is C15H18ClN3O. The largest absolute Gasteiger partial charge is 0.395 e. The Hall–Kier alpha value is -1.78. The number of anilines is 2. The molecule has 1 aromatic carbocycles. The molecule has 0 saturated heterocycles. The molecule has 0 fully saturated rings. The Morgan fingerprint density at radius 3 is 2.70 bits per heavy atom. The van der Waals surface area contributed by atoms with Crippen LogP contribution in [-0.4, -0.2) is 30.3 Å². The Labute approximate surface area is 124 Å². The summed E-state index contributed by atoms with van der Waals surface area (Å²) in [4.78, 5) is 6.30. The van der Waals surface area contributed by atoms with Crippen molar-refractivity contribution in [3.05, 3.63) is 53.2 Å². The summed E-state index contributed by atoms with van der Waals surface area (Å²) in [5, 5.41) is 12.9. The summed E-state index contributed by atoms with van der Waals surface area (Å²) in [5.41, 5.74) is 2.01. The number of hydrogen-bond acceptors (Lipinski definition) is 4. The van der Waals surface area contributed by atoms with Gasteiger partial charge in [-0.2, -0.15) is 0 Å². The average Bonchev–Trinajstić information content (AvgIpc) is 2.47. The predicted octanol–water partition coefficient (Wildman–Crippen LogP) is 2.78. The van der Waals surface area contributed by atoms with Crippen molar-refractivity contribution < 1.29 is 5.11 Å². The molecule has 5 heteroatoms. The first kappa shape index (κ1) is 14.6. The van der Waals surface area contributed by atoms with Crippen LogP contribution >= 0.6 is 11.6 Å². The molecule has 0 unspecified atom stereocenters. The lowest BCUT2D eigenvalue weighted by Gasteiger charge is -2.17. The summed E-state index contributed by atoms with van der Waals surface area (Å²) < 4.78 is 0. The number of likely N-dealkylation sites (N-methyl/N-ethyl adjacent to an activating group) is 1. The minimum atomic E-state index is 0.128. The molecule has 0 aliphatic heterocycles. The first-order valence-electron chi connectivity index (χ1n) is 6.46. The maximum absolute atomic E-state index is 8.90. The van der Waals surface area contributed by atoms with E-state index in [1.165, 1.54) is 0 Å². The molecule has 2 rings (SSSR count). The summed E-state index contributed by atoms with van der Waals surface area (Å²) >= 11 is 6.10. The van der Waals surface area contributed by atoms with Gasteiger partial charge in [-0.15, -0.1) is 0 Å². The first-order chi connectivity index (χ1) is 9.70. The predicted molar refractivity (Wildman–Crippen MR) is 83.4 cm³/mol. The third-order valence-electron chi connectivity index (χ3n) is 3.04. The zero-order chi connectivity index (χ0) is 14.4. The maximum Gasteiger partial charge on any atom is 0.126 e. The summed E-state index contributed by atoms with van der Waals surface area (Å²) in [6.07, 6.45) is 1.78. The van der Waals surface area contributed by atoms with Crippen LogP contribution < -0.4 is 10.2 Å². The summed E-state index contributed by atoms with van der Waals surface area (Å²) in [6.45, 7) is 1.36. The number of rotatable bonds is 6. The highest BCUT2D eigenvalue weighted by molar-refractivity contribution is 6.31. The number of benzene rings is 1. The van der Waals surface area contributed by atoms with Crippen molar-refractivity contribution in [2.45, 2.75) is 6.54 Å². The van der Waals surface area contributed by atoms with E-state index < -0.39 is 0 Å². The van der Waals surface area contributed by atoms with E-state index in [9.17, 15) is 0 Å². The second-order valence-corrected chi connectivity index (χ2v) is 4.90. The molecule has 0 atom stereocenters. The number of nitrogens with zero attached hydrogens (tertiary/aromatic N) is 2. The van der Waals surface area contributed by atoms with Crippen molar-refractivity contribution in [2.75, 3.05) is 30.4 Å².